The SMILES string of the molecule is CCCCOC(=O)N(C)C1CCCN1. The number of nitrogens with zero attached hydrogens (tertiary/aromatic N) is 1. The molecule has 0 aromatic carbocycles. The summed E-state index contributed by atoms with van der Waals surface area (Å²) in [6.45, 7) is 3.61. The molecular formula is C10H20N2O2. The third-order valence-corrected chi connectivity index (χ3v) is 2.51. The lowest BCUT2D eigenvalue weighted by molar-refractivity contribution is 0.0930. The van der Waals surface area contributed by atoms with Gasteiger partial charge in [0.1, 0.15) is 0 Å². The van der Waals surface area contributed by atoms with Crippen LogP contribution in [0.5, 0.6) is 0 Å². The zero-order chi connectivity index (χ0) is 10.4. The van der Waals surface area contributed by atoms with E-state index in [0.29, 0.717) is 6.61 Å². The molecule has 0 bridgehead atoms. The lowest BCUT2D eigenvalue weighted by Gasteiger charge is -2.23. The largest absolute Gasteiger partial charge is 0.449 e. The second kappa shape index (κ2) is 5.86. The molecule has 0 aromatic rings. The van der Waals surface area contributed by atoms with Gasteiger partial charge in [0.15, 0.2) is 0 Å². The van der Waals surface area contributed by atoms with E-state index >= 15 is 0 Å². The number of carbonyl (C=O) groups is 1. The maximum absolute atomic E-state index is 11.5. The molecule has 0 aromatic heterocycles. The summed E-state index contributed by atoms with van der Waals surface area (Å²) in [5, 5.41) is 3.25. The van der Waals surface area contributed by atoms with Gasteiger partial charge in [-0.2, -0.15) is 0 Å². The molecule has 1 aliphatic heterocycles. The maximum Gasteiger partial charge on any atom is 0.410 e. The Balaban J connectivity index is 2.21. The third kappa shape index (κ3) is 3.18. The average molecular weight is 200 g/mol. The molecule has 1 unspecified atom stereocenters. The topological polar surface area (TPSA) is 41.6 Å². The molecule has 4 nitrogen and oxygen atoms in total. The Morgan fingerprint density at radius 3 is 3.00 bits per heavy atom. The smallest absolute Gasteiger partial charge is 0.410 e. The van der Waals surface area contributed by atoms with Crippen LogP contribution in [0.4, 0.5) is 4.79 Å². The second-order valence-electron chi connectivity index (χ2n) is 3.69. The number of rotatable bonds is 4. The first-order valence-electron chi connectivity index (χ1n) is 5.38. The molecule has 1 heterocycles. The van der Waals surface area contributed by atoms with Gasteiger partial charge in [-0.05, 0) is 25.8 Å². The van der Waals surface area contributed by atoms with E-state index in [4.69, 9.17) is 4.74 Å². The number of unbranched alkanes of at least 4 members (excludes halogenated alkanes) is 1. The lowest BCUT2D eigenvalue weighted by Crippen LogP contribution is -2.43. The van der Waals surface area contributed by atoms with Crippen molar-refractivity contribution < 1.29 is 9.53 Å². The van der Waals surface area contributed by atoms with Gasteiger partial charge in [0, 0.05) is 7.05 Å². The van der Waals surface area contributed by atoms with E-state index in [1.807, 2.05) is 0 Å². The zero-order valence-corrected chi connectivity index (χ0v) is 9.08. The minimum absolute atomic E-state index is 0.170. The molecule has 0 spiro atoms. The van der Waals surface area contributed by atoms with Crippen LogP contribution in [0.25, 0.3) is 0 Å². The second-order valence-corrected chi connectivity index (χ2v) is 3.69. The van der Waals surface area contributed by atoms with Crippen molar-refractivity contribution in [2.75, 3.05) is 20.2 Å². The van der Waals surface area contributed by atoms with Crippen LogP contribution in [-0.4, -0.2) is 37.4 Å². The standard InChI is InChI=1S/C10H20N2O2/c1-3-4-8-14-10(13)12(2)9-6-5-7-11-9/h9,11H,3-8H2,1-2H3. The van der Waals surface area contributed by atoms with Crippen molar-refractivity contribution in [2.45, 2.75) is 38.8 Å². The van der Waals surface area contributed by atoms with Crippen molar-refractivity contribution in [3.63, 3.8) is 0 Å². The van der Waals surface area contributed by atoms with E-state index in [9.17, 15) is 4.79 Å². The van der Waals surface area contributed by atoms with E-state index in [1.165, 1.54) is 0 Å². The first kappa shape index (κ1) is 11.3. The van der Waals surface area contributed by atoms with Crippen LogP contribution >= 0.6 is 0 Å². The van der Waals surface area contributed by atoms with Crippen LogP contribution in [0.1, 0.15) is 32.6 Å². The number of carbonyl (C=O) groups excluding carboxylic acids is 1. The number of amides is 1. The quantitative estimate of drug-likeness (QED) is 0.700. The molecular weight excluding hydrogens is 180 g/mol. The molecule has 0 aliphatic carbocycles. The summed E-state index contributed by atoms with van der Waals surface area (Å²) in [7, 11) is 1.79. The first-order valence-corrected chi connectivity index (χ1v) is 5.38. The third-order valence-electron chi connectivity index (χ3n) is 2.51. The summed E-state index contributed by atoms with van der Waals surface area (Å²) in [4.78, 5) is 13.1. The van der Waals surface area contributed by atoms with Gasteiger partial charge in [0.2, 0.25) is 0 Å². The zero-order valence-electron chi connectivity index (χ0n) is 9.08. The molecule has 1 saturated heterocycles. The Kier molecular flexibility index (Phi) is 4.73. The van der Waals surface area contributed by atoms with E-state index in [-0.39, 0.29) is 12.3 Å². The summed E-state index contributed by atoms with van der Waals surface area (Å²) >= 11 is 0. The fourth-order valence-corrected chi connectivity index (χ4v) is 1.53. The van der Waals surface area contributed by atoms with Crippen LogP contribution in [0, 0.1) is 0 Å². The van der Waals surface area contributed by atoms with Crippen LogP contribution in [0.15, 0.2) is 0 Å². The molecule has 0 radical (unpaired) electrons. The molecule has 14 heavy (non-hydrogen) atoms. The minimum Gasteiger partial charge on any atom is -0.449 e. The Hall–Kier alpha value is -0.770. The molecule has 4 heteroatoms. The maximum atomic E-state index is 11.5. The first-order chi connectivity index (χ1) is 6.75. The summed E-state index contributed by atoms with van der Waals surface area (Å²) in [6.07, 6.45) is 4.12. The Bertz CT molecular complexity index is 179. The van der Waals surface area contributed by atoms with Gasteiger partial charge < -0.3 is 4.74 Å². The van der Waals surface area contributed by atoms with Gasteiger partial charge in [-0.25, -0.2) is 4.79 Å². The van der Waals surface area contributed by atoms with Crippen molar-refractivity contribution in [1.82, 2.24) is 10.2 Å². The average Bonchev–Trinajstić information content (AvgIpc) is 2.69. The van der Waals surface area contributed by atoms with E-state index < -0.39 is 0 Å². The van der Waals surface area contributed by atoms with Gasteiger partial charge in [-0.15, -0.1) is 0 Å². The van der Waals surface area contributed by atoms with Crippen LogP contribution in [-0.2, 0) is 4.74 Å². The molecule has 1 N–H and O–H groups in total. The fourth-order valence-electron chi connectivity index (χ4n) is 1.53. The molecule has 82 valence electrons. The highest BCUT2D eigenvalue weighted by molar-refractivity contribution is 5.67. The van der Waals surface area contributed by atoms with Gasteiger partial charge in [0.05, 0.1) is 12.8 Å². The molecule has 1 rings (SSSR count). The number of hydrogen-bond donors (Lipinski definition) is 1. The minimum atomic E-state index is -0.210. The highest BCUT2D eigenvalue weighted by Gasteiger charge is 2.23. The lowest BCUT2D eigenvalue weighted by atomic mass is 10.3. The Morgan fingerprint density at radius 2 is 2.43 bits per heavy atom. The van der Waals surface area contributed by atoms with Crippen LogP contribution in [0.2, 0.25) is 0 Å². The predicted octanol–water partition coefficient (Wildman–Crippen LogP) is 1.56. The number of ether oxygens (including phenoxy) is 1. The van der Waals surface area contributed by atoms with Gasteiger partial charge >= 0.3 is 6.09 Å². The van der Waals surface area contributed by atoms with Crippen molar-refractivity contribution in [3.05, 3.63) is 0 Å². The summed E-state index contributed by atoms with van der Waals surface area (Å²) in [6, 6.07) is 0. The molecule has 1 aliphatic rings. The van der Waals surface area contributed by atoms with Crippen LogP contribution in [0.3, 0.4) is 0 Å². The van der Waals surface area contributed by atoms with Crippen molar-refractivity contribution in [2.24, 2.45) is 0 Å². The number of nitrogens with one attached hydrogen (secondary N) is 1. The number of hydrogen-bond acceptors (Lipinski definition) is 3. The molecule has 1 atom stereocenters. The van der Waals surface area contributed by atoms with Crippen LogP contribution < -0.4 is 5.32 Å². The van der Waals surface area contributed by atoms with Crippen molar-refractivity contribution >= 4 is 6.09 Å². The Morgan fingerprint density at radius 1 is 1.64 bits per heavy atom. The summed E-state index contributed by atoms with van der Waals surface area (Å²) in [5.74, 6) is 0. The van der Waals surface area contributed by atoms with Gasteiger partial charge in [0.25, 0.3) is 0 Å². The van der Waals surface area contributed by atoms with Crippen molar-refractivity contribution in [3.8, 4) is 0 Å². The monoisotopic (exact) mass is 200 g/mol. The highest BCUT2D eigenvalue weighted by atomic mass is 16.6. The normalized spacial score (nSPS) is 20.9. The van der Waals surface area contributed by atoms with E-state index in [2.05, 4.69) is 12.2 Å². The molecule has 0 saturated carbocycles. The van der Waals surface area contributed by atoms with E-state index in [0.717, 1.165) is 32.2 Å². The Labute approximate surface area is 85.6 Å². The highest BCUT2D eigenvalue weighted by Crippen LogP contribution is 2.09. The van der Waals surface area contributed by atoms with E-state index in [1.54, 1.807) is 11.9 Å². The predicted molar refractivity (Wildman–Crippen MR) is 55.0 cm³/mol. The molecule has 1 fully saturated rings. The van der Waals surface area contributed by atoms with Crippen molar-refractivity contribution in [1.29, 1.82) is 0 Å². The summed E-state index contributed by atoms with van der Waals surface area (Å²) < 4.78 is 5.10. The van der Waals surface area contributed by atoms with Gasteiger partial charge in [-0.1, -0.05) is 13.3 Å². The summed E-state index contributed by atoms with van der Waals surface area (Å²) in [5.41, 5.74) is 0. The van der Waals surface area contributed by atoms with Gasteiger partial charge in [-0.3, -0.25) is 10.2 Å². The molecule has 1 amide bonds. The fraction of sp³-hybridized carbons (Fsp3) is 0.900.